The summed E-state index contributed by atoms with van der Waals surface area (Å²) < 4.78 is 35.3. The first kappa shape index (κ1) is 8.71. The number of halogens is 4. The van der Waals surface area contributed by atoms with Gasteiger partial charge in [0.15, 0.2) is 0 Å². The van der Waals surface area contributed by atoms with Crippen LogP contribution in [0.4, 0.5) is 13.2 Å². The Balaban J connectivity index is 2.78. The Labute approximate surface area is 69.7 Å². The third kappa shape index (κ3) is 1.30. The van der Waals surface area contributed by atoms with Gasteiger partial charge in [0.2, 0.25) is 4.58 Å². The molecule has 0 N–H and O–H groups in total. The molecule has 5 heteroatoms. The van der Waals surface area contributed by atoms with Crippen molar-refractivity contribution < 1.29 is 13.2 Å². The number of alkyl halides is 4. The molecule has 1 aliphatic rings. The van der Waals surface area contributed by atoms with E-state index in [0.29, 0.717) is 11.8 Å². The van der Waals surface area contributed by atoms with E-state index in [9.17, 15) is 13.2 Å². The van der Waals surface area contributed by atoms with Crippen molar-refractivity contribution in [1.82, 2.24) is 0 Å². The molecule has 0 nitrogen and oxygen atoms in total. The van der Waals surface area contributed by atoms with Crippen molar-refractivity contribution in [3.05, 3.63) is 0 Å². The van der Waals surface area contributed by atoms with Crippen LogP contribution in [0.5, 0.6) is 0 Å². The van der Waals surface area contributed by atoms with Crippen molar-refractivity contribution in [3.63, 3.8) is 0 Å². The van der Waals surface area contributed by atoms with Crippen LogP contribution in [0.2, 0.25) is 0 Å². The average Bonchev–Trinajstić information content (AvgIpc) is 1.73. The van der Waals surface area contributed by atoms with Gasteiger partial charge in [-0.1, -0.05) is 18.7 Å². The molecule has 0 amide bonds. The maximum absolute atomic E-state index is 12.8. The highest BCUT2D eigenvalue weighted by atomic mass is 79.9. The molecule has 2 atom stereocenters. The van der Waals surface area contributed by atoms with Gasteiger partial charge in [0, 0.05) is 11.7 Å². The lowest BCUT2D eigenvalue weighted by molar-refractivity contribution is 0.00535. The summed E-state index contributed by atoms with van der Waals surface area (Å²) in [5, 5.41) is -3.59. The van der Waals surface area contributed by atoms with E-state index in [0.717, 1.165) is 0 Å². The molecule has 60 valence electrons. The van der Waals surface area contributed by atoms with E-state index in [1.165, 1.54) is 0 Å². The lowest BCUT2D eigenvalue weighted by Crippen LogP contribution is -2.29. The van der Waals surface area contributed by atoms with Crippen LogP contribution < -0.4 is 0 Å². The van der Waals surface area contributed by atoms with Gasteiger partial charge >= 0.3 is 5.25 Å². The highest BCUT2D eigenvalue weighted by Crippen LogP contribution is 2.57. The molecule has 0 aromatic rings. The molecule has 1 heterocycles. The van der Waals surface area contributed by atoms with E-state index in [4.69, 9.17) is 0 Å². The second kappa shape index (κ2) is 2.30. The summed E-state index contributed by atoms with van der Waals surface area (Å²) in [7, 11) is 0. The lowest BCUT2D eigenvalue weighted by Gasteiger charge is -2.17. The van der Waals surface area contributed by atoms with Gasteiger partial charge in [0.1, 0.15) is 0 Å². The fourth-order valence-corrected chi connectivity index (χ4v) is 2.91. The van der Waals surface area contributed by atoms with Gasteiger partial charge in [0.05, 0.1) is 0 Å². The van der Waals surface area contributed by atoms with Crippen LogP contribution >= 0.6 is 27.7 Å². The molecule has 0 aromatic carbocycles. The van der Waals surface area contributed by atoms with Gasteiger partial charge in [-0.25, -0.2) is 4.39 Å². The number of thioether (sulfide) groups is 1. The summed E-state index contributed by atoms with van der Waals surface area (Å²) in [5.74, 6) is 0. The summed E-state index contributed by atoms with van der Waals surface area (Å²) in [4.78, 5) is 0. The zero-order valence-electron chi connectivity index (χ0n) is 5.20. The molecule has 0 saturated carbocycles. The van der Waals surface area contributed by atoms with Crippen LogP contribution in [0.3, 0.4) is 0 Å². The highest BCUT2D eigenvalue weighted by molar-refractivity contribution is 9.10. The van der Waals surface area contributed by atoms with Crippen molar-refractivity contribution in [2.75, 3.05) is 0 Å². The van der Waals surface area contributed by atoms with Crippen molar-refractivity contribution >= 4 is 27.7 Å². The largest absolute Gasteiger partial charge is 0.337 e. The topological polar surface area (TPSA) is 0 Å². The maximum Gasteiger partial charge on any atom is 0.337 e. The molecule has 0 aromatic heterocycles. The zero-order valence-corrected chi connectivity index (χ0v) is 7.61. The summed E-state index contributed by atoms with van der Waals surface area (Å²) in [6.45, 7) is 1.58. The Morgan fingerprint density at radius 2 is 2.00 bits per heavy atom. The van der Waals surface area contributed by atoms with E-state index >= 15 is 0 Å². The van der Waals surface area contributed by atoms with Gasteiger partial charge in [-0.15, -0.1) is 0 Å². The molecule has 1 saturated heterocycles. The van der Waals surface area contributed by atoms with Crippen LogP contribution in [0.15, 0.2) is 0 Å². The number of rotatable bonds is 0. The first-order valence-corrected chi connectivity index (χ1v) is 4.46. The summed E-state index contributed by atoms with van der Waals surface area (Å²) in [5.41, 5.74) is 0. The molecular weight excluding hydrogens is 229 g/mol. The fourth-order valence-electron chi connectivity index (χ4n) is 0.860. The molecule has 0 radical (unpaired) electrons. The quantitative estimate of drug-likeness (QED) is 0.581. The number of hydrogen-bond acceptors (Lipinski definition) is 1. The molecule has 0 bridgehead atoms. The minimum Gasteiger partial charge on any atom is -0.224 e. The summed E-state index contributed by atoms with van der Waals surface area (Å²) in [6, 6.07) is 0. The van der Waals surface area contributed by atoms with Crippen LogP contribution in [-0.2, 0) is 0 Å². The summed E-state index contributed by atoms with van der Waals surface area (Å²) >= 11 is 2.74. The van der Waals surface area contributed by atoms with E-state index in [1.54, 1.807) is 6.92 Å². The smallest absolute Gasteiger partial charge is 0.224 e. The summed E-state index contributed by atoms with van der Waals surface area (Å²) in [6.07, 6.45) is -0.134. The minimum atomic E-state index is -3.27. The Bertz CT molecular complexity index is 132. The molecule has 10 heavy (non-hydrogen) atoms. The average molecular weight is 235 g/mol. The van der Waals surface area contributed by atoms with Crippen molar-refractivity contribution in [2.45, 2.75) is 28.4 Å². The molecule has 0 aliphatic carbocycles. The normalized spacial score (nSPS) is 45.9. The third-order valence-electron chi connectivity index (χ3n) is 1.32. The van der Waals surface area contributed by atoms with E-state index in [2.05, 4.69) is 15.9 Å². The predicted molar refractivity (Wildman–Crippen MR) is 39.4 cm³/mol. The van der Waals surface area contributed by atoms with Gasteiger partial charge < -0.3 is 0 Å². The zero-order chi connectivity index (χ0) is 7.99. The van der Waals surface area contributed by atoms with Gasteiger partial charge in [0.25, 0.3) is 0 Å². The SMILES string of the molecule is CC1CC(F)(Br)C(F)(F)S1. The van der Waals surface area contributed by atoms with Crippen LogP contribution in [0.25, 0.3) is 0 Å². The van der Waals surface area contributed by atoms with Crippen LogP contribution in [0.1, 0.15) is 13.3 Å². The minimum absolute atomic E-state index is 0.134. The Kier molecular flexibility index (Phi) is 2.01. The first-order chi connectivity index (χ1) is 4.35. The van der Waals surface area contributed by atoms with Gasteiger partial charge in [-0.05, 0) is 15.9 Å². The van der Waals surface area contributed by atoms with Gasteiger partial charge in [-0.2, -0.15) is 8.78 Å². The van der Waals surface area contributed by atoms with Crippen LogP contribution in [-0.4, -0.2) is 15.1 Å². The Morgan fingerprint density at radius 3 is 2.10 bits per heavy atom. The molecular formula is C5H6BrF3S. The third-order valence-corrected chi connectivity index (χ3v) is 3.59. The monoisotopic (exact) mass is 234 g/mol. The van der Waals surface area contributed by atoms with Crippen molar-refractivity contribution in [2.24, 2.45) is 0 Å². The molecule has 1 fully saturated rings. The predicted octanol–water partition coefficient (Wildman–Crippen LogP) is 3.17. The standard InChI is InChI=1S/C5H6BrF3S/c1-3-2-4(6,7)5(8,9)10-3/h3H,2H2,1H3. The lowest BCUT2D eigenvalue weighted by atomic mass is 10.2. The highest BCUT2D eigenvalue weighted by Gasteiger charge is 2.60. The first-order valence-electron chi connectivity index (χ1n) is 2.78. The Hall–Kier alpha value is 0.620. The molecule has 2 unspecified atom stereocenters. The Morgan fingerprint density at radius 1 is 1.50 bits per heavy atom. The van der Waals surface area contributed by atoms with E-state index in [1.807, 2.05) is 0 Å². The van der Waals surface area contributed by atoms with Crippen molar-refractivity contribution in [1.29, 1.82) is 0 Å². The van der Waals surface area contributed by atoms with E-state index in [-0.39, 0.29) is 11.7 Å². The molecule has 1 rings (SSSR count). The van der Waals surface area contributed by atoms with Gasteiger partial charge in [-0.3, -0.25) is 0 Å². The molecule has 0 spiro atoms. The number of hydrogen-bond donors (Lipinski definition) is 0. The second-order valence-corrected chi connectivity index (χ2v) is 5.16. The van der Waals surface area contributed by atoms with E-state index < -0.39 is 9.83 Å². The van der Waals surface area contributed by atoms with Crippen molar-refractivity contribution in [3.8, 4) is 0 Å². The maximum atomic E-state index is 12.8. The second-order valence-electron chi connectivity index (χ2n) is 2.35. The fraction of sp³-hybridized carbons (Fsp3) is 1.00. The van der Waals surface area contributed by atoms with Crippen LogP contribution in [0, 0.1) is 0 Å². The molecule has 1 aliphatic heterocycles.